The molecule has 30 heavy (non-hydrogen) atoms. The van der Waals surface area contributed by atoms with Crippen LogP contribution in [0.15, 0.2) is 24.3 Å². The van der Waals surface area contributed by atoms with E-state index >= 15 is 0 Å². The van der Waals surface area contributed by atoms with E-state index in [4.69, 9.17) is 0 Å². The van der Waals surface area contributed by atoms with Gasteiger partial charge in [-0.3, -0.25) is 15.6 Å². The summed E-state index contributed by atoms with van der Waals surface area (Å²) in [6.45, 7) is 6.40. The minimum atomic E-state index is -1.38. The van der Waals surface area contributed by atoms with Gasteiger partial charge in [0.25, 0.3) is 5.91 Å². The predicted molar refractivity (Wildman–Crippen MR) is 110 cm³/mol. The first kappa shape index (κ1) is 20.6. The number of nitrogens with one attached hydrogen (secondary N) is 3. The smallest absolute Gasteiger partial charge is 0.291 e. The van der Waals surface area contributed by atoms with E-state index in [2.05, 4.69) is 26.1 Å². The number of rotatable bonds is 6. The highest BCUT2D eigenvalue weighted by Gasteiger charge is 2.47. The highest BCUT2D eigenvalue weighted by molar-refractivity contribution is 5.92. The lowest BCUT2D eigenvalue weighted by atomic mass is 9.85. The van der Waals surface area contributed by atoms with Crippen molar-refractivity contribution in [3.63, 3.8) is 0 Å². The van der Waals surface area contributed by atoms with Crippen molar-refractivity contribution < 1.29 is 14.3 Å². The van der Waals surface area contributed by atoms with E-state index in [0.717, 1.165) is 37.3 Å². The molecular formula is C21H27FN6O2. The van der Waals surface area contributed by atoms with Crippen molar-refractivity contribution in [2.24, 2.45) is 5.92 Å². The molecule has 4 N–H and O–H groups in total. The first-order chi connectivity index (χ1) is 14.4. The van der Waals surface area contributed by atoms with E-state index < -0.39 is 11.4 Å². The first-order valence-corrected chi connectivity index (χ1v) is 10.2. The van der Waals surface area contributed by atoms with Gasteiger partial charge in [0.05, 0.1) is 13.1 Å². The molecular weight excluding hydrogens is 387 g/mol. The number of carbonyl (C=O) groups excluding carboxylic acids is 1. The summed E-state index contributed by atoms with van der Waals surface area (Å²) in [6.07, 6.45) is 0.980. The van der Waals surface area contributed by atoms with Gasteiger partial charge < -0.3 is 15.3 Å². The molecule has 0 unspecified atom stereocenters. The van der Waals surface area contributed by atoms with Crippen LogP contribution in [0.3, 0.4) is 0 Å². The second-order valence-electron chi connectivity index (χ2n) is 8.12. The SMILES string of the molecule is Cc1nc(C(=O)N2CC(O)(c3ccccc3F)C2)nc(NCCC2CNNC2)c1C. The Bertz CT molecular complexity index is 941. The third-order valence-electron chi connectivity index (χ3n) is 5.90. The quantitative estimate of drug-likeness (QED) is 0.561. The van der Waals surface area contributed by atoms with Crippen molar-refractivity contribution in [1.29, 1.82) is 0 Å². The molecule has 8 nitrogen and oxygen atoms in total. The van der Waals surface area contributed by atoms with Crippen molar-refractivity contribution in [3.8, 4) is 0 Å². The number of anilines is 1. The van der Waals surface area contributed by atoms with E-state index in [0.29, 0.717) is 11.7 Å². The number of hydrazine groups is 1. The van der Waals surface area contributed by atoms with Crippen LogP contribution >= 0.6 is 0 Å². The van der Waals surface area contributed by atoms with Gasteiger partial charge in [-0.15, -0.1) is 0 Å². The number of likely N-dealkylation sites (tertiary alicyclic amines) is 1. The Morgan fingerprint density at radius 3 is 2.67 bits per heavy atom. The van der Waals surface area contributed by atoms with E-state index in [9.17, 15) is 14.3 Å². The summed E-state index contributed by atoms with van der Waals surface area (Å²) in [5.74, 6) is 0.439. The Morgan fingerprint density at radius 2 is 1.97 bits per heavy atom. The van der Waals surface area contributed by atoms with E-state index in [1.165, 1.54) is 11.0 Å². The minimum Gasteiger partial charge on any atom is -0.381 e. The lowest BCUT2D eigenvalue weighted by Gasteiger charge is -2.46. The number of nitrogens with zero attached hydrogens (tertiary/aromatic N) is 3. The number of aryl methyl sites for hydroxylation is 1. The summed E-state index contributed by atoms with van der Waals surface area (Å²) in [6, 6.07) is 6.09. The van der Waals surface area contributed by atoms with Crippen molar-refractivity contribution in [2.45, 2.75) is 25.9 Å². The molecule has 1 amide bonds. The van der Waals surface area contributed by atoms with Gasteiger partial charge in [0.1, 0.15) is 17.2 Å². The summed E-state index contributed by atoms with van der Waals surface area (Å²) >= 11 is 0. The highest BCUT2D eigenvalue weighted by atomic mass is 19.1. The zero-order valence-corrected chi connectivity index (χ0v) is 17.2. The first-order valence-electron chi connectivity index (χ1n) is 10.2. The van der Waals surface area contributed by atoms with Gasteiger partial charge in [0, 0.05) is 36.5 Å². The normalized spacial score (nSPS) is 18.3. The Kier molecular flexibility index (Phi) is 5.68. The number of amides is 1. The molecule has 1 aromatic heterocycles. The molecule has 2 aliphatic rings. The van der Waals surface area contributed by atoms with Crippen LogP contribution in [-0.2, 0) is 5.60 Å². The fourth-order valence-electron chi connectivity index (χ4n) is 3.88. The van der Waals surface area contributed by atoms with Gasteiger partial charge in [0.2, 0.25) is 5.82 Å². The largest absolute Gasteiger partial charge is 0.381 e. The number of aromatic nitrogens is 2. The van der Waals surface area contributed by atoms with E-state index in [1.807, 2.05) is 13.8 Å². The maximum Gasteiger partial charge on any atom is 0.291 e. The Balaban J connectivity index is 1.43. The highest BCUT2D eigenvalue weighted by Crippen LogP contribution is 2.34. The Labute approximate surface area is 174 Å². The molecule has 1 aromatic carbocycles. The number of halogens is 1. The lowest BCUT2D eigenvalue weighted by Crippen LogP contribution is -2.61. The van der Waals surface area contributed by atoms with Crippen LogP contribution in [0.5, 0.6) is 0 Å². The number of hydrogen-bond acceptors (Lipinski definition) is 7. The maximum absolute atomic E-state index is 14.0. The van der Waals surface area contributed by atoms with Gasteiger partial charge in [-0.2, -0.15) is 0 Å². The summed E-state index contributed by atoms with van der Waals surface area (Å²) in [5, 5.41) is 14.0. The summed E-state index contributed by atoms with van der Waals surface area (Å²) in [7, 11) is 0. The number of carbonyl (C=O) groups is 1. The second-order valence-corrected chi connectivity index (χ2v) is 8.12. The maximum atomic E-state index is 14.0. The monoisotopic (exact) mass is 414 g/mol. The fraction of sp³-hybridized carbons (Fsp3) is 0.476. The molecule has 2 fully saturated rings. The molecule has 4 rings (SSSR count). The molecule has 0 saturated carbocycles. The van der Waals surface area contributed by atoms with Crippen molar-refractivity contribution >= 4 is 11.7 Å². The fourth-order valence-corrected chi connectivity index (χ4v) is 3.88. The van der Waals surface area contributed by atoms with Crippen LogP contribution < -0.4 is 16.2 Å². The molecule has 0 aliphatic carbocycles. The lowest BCUT2D eigenvalue weighted by molar-refractivity contribution is -0.0887. The van der Waals surface area contributed by atoms with Crippen LogP contribution in [0.2, 0.25) is 0 Å². The standard InChI is InChI=1S/C21H27FN6O2/c1-13-14(2)26-19(27-18(13)23-8-7-15-9-24-25-10-15)20(29)28-11-21(30,12-28)16-5-3-4-6-17(16)22/h3-6,15,24-25,30H,7-12H2,1-2H3,(H,23,26,27). The molecule has 0 spiro atoms. The van der Waals surface area contributed by atoms with Crippen LogP contribution in [-0.4, -0.2) is 58.6 Å². The topological polar surface area (TPSA) is 102 Å². The molecule has 0 atom stereocenters. The molecule has 3 heterocycles. The summed E-state index contributed by atoms with van der Waals surface area (Å²) < 4.78 is 14.0. The third kappa shape index (κ3) is 4.00. The Hall–Kier alpha value is -2.62. The van der Waals surface area contributed by atoms with E-state index in [-0.39, 0.29) is 30.4 Å². The summed E-state index contributed by atoms with van der Waals surface area (Å²) in [4.78, 5) is 23.1. The van der Waals surface area contributed by atoms with Crippen LogP contribution in [0.4, 0.5) is 10.2 Å². The minimum absolute atomic E-state index is 0.00743. The number of aliphatic hydroxyl groups is 1. The number of hydrogen-bond donors (Lipinski definition) is 4. The third-order valence-corrected chi connectivity index (χ3v) is 5.90. The van der Waals surface area contributed by atoms with Gasteiger partial charge in [0.15, 0.2) is 0 Å². The number of β-amino-alcohol motifs (C(OH)–C–C–N with tert-alkyl or cyclic N) is 1. The van der Waals surface area contributed by atoms with Gasteiger partial charge >= 0.3 is 0 Å². The molecule has 2 saturated heterocycles. The van der Waals surface area contributed by atoms with Crippen LogP contribution in [0.1, 0.15) is 33.9 Å². The molecule has 0 radical (unpaired) electrons. The van der Waals surface area contributed by atoms with Gasteiger partial charge in [-0.05, 0) is 32.3 Å². The molecule has 160 valence electrons. The predicted octanol–water partition coefficient (Wildman–Crippen LogP) is 1.10. The zero-order chi connectivity index (χ0) is 21.3. The Morgan fingerprint density at radius 1 is 1.27 bits per heavy atom. The number of benzene rings is 1. The average Bonchev–Trinajstić information content (AvgIpc) is 3.22. The summed E-state index contributed by atoms with van der Waals surface area (Å²) in [5.41, 5.74) is 6.68. The van der Waals surface area contributed by atoms with Gasteiger partial charge in [-0.1, -0.05) is 18.2 Å². The van der Waals surface area contributed by atoms with Crippen LogP contribution in [0.25, 0.3) is 0 Å². The molecule has 2 aromatic rings. The van der Waals surface area contributed by atoms with Crippen LogP contribution in [0, 0.1) is 25.6 Å². The molecule has 2 aliphatic heterocycles. The molecule has 0 bridgehead atoms. The van der Waals surface area contributed by atoms with E-state index in [1.54, 1.807) is 18.2 Å². The van der Waals surface area contributed by atoms with Gasteiger partial charge in [-0.25, -0.2) is 14.4 Å². The molecule has 9 heteroatoms. The van der Waals surface area contributed by atoms with Crippen molar-refractivity contribution in [1.82, 2.24) is 25.7 Å². The average molecular weight is 414 g/mol. The second kappa shape index (κ2) is 8.25. The van der Waals surface area contributed by atoms with Crippen molar-refractivity contribution in [3.05, 3.63) is 52.7 Å². The van der Waals surface area contributed by atoms with Crippen molar-refractivity contribution in [2.75, 3.05) is 38.0 Å². The zero-order valence-electron chi connectivity index (χ0n) is 17.2.